The first-order chi connectivity index (χ1) is 10.7. The number of aliphatic hydroxyl groups is 1. The van der Waals surface area contributed by atoms with Crippen molar-refractivity contribution in [2.24, 2.45) is 5.92 Å². The number of likely N-dealkylation sites (tertiary alicyclic amines) is 1. The molecule has 0 aromatic heterocycles. The molecule has 3 fully saturated rings. The number of hydrogen-bond acceptors (Lipinski definition) is 4. The van der Waals surface area contributed by atoms with Crippen LogP contribution in [-0.4, -0.2) is 60.4 Å². The fourth-order valence-corrected chi connectivity index (χ4v) is 4.23. The molecule has 22 heavy (non-hydrogen) atoms. The Morgan fingerprint density at radius 2 is 1.91 bits per heavy atom. The number of amides is 1. The molecule has 1 amide bonds. The fraction of sp³-hybridized carbons (Fsp3) is 0.941. The van der Waals surface area contributed by atoms with Crippen LogP contribution in [0.5, 0.6) is 0 Å². The zero-order chi connectivity index (χ0) is 15.4. The van der Waals surface area contributed by atoms with Gasteiger partial charge in [-0.25, -0.2) is 0 Å². The summed E-state index contributed by atoms with van der Waals surface area (Å²) >= 11 is 0. The van der Waals surface area contributed by atoms with Crippen LogP contribution in [0.15, 0.2) is 0 Å². The molecule has 3 rings (SSSR count). The highest BCUT2D eigenvalue weighted by molar-refractivity contribution is 5.80. The first kappa shape index (κ1) is 16.2. The van der Waals surface area contributed by atoms with Gasteiger partial charge in [-0.15, -0.1) is 0 Å². The molecule has 0 aromatic carbocycles. The minimum absolute atomic E-state index is 0.0150. The Morgan fingerprint density at radius 3 is 2.59 bits per heavy atom. The van der Waals surface area contributed by atoms with Gasteiger partial charge in [0.25, 0.3) is 0 Å². The summed E-state index contributed by atoms with van der Waals surface area (Å²) in [6, 6.07) is 0.696. The molecule has 3 aliphatic rings. The van der Waals surface area contributed by atoms with E-state index in [1.807, 2.05) is 0 Å². The Bertz CT molecular complexity index is 376. The minimum atomic E-state index is -0.451. The number of aliphatic hydroxyl groups excluding tert-OH is 1. The van der Waals surface area contributed by atoms with Crippen LogP contribution >= 0.6 is 0 Å². The van der Waals surface area contributed by atoms with E-state index >= 15 is 0 Å². The molecular weight excluding hydrogens is 280 g/mol. The lowest BCUT2D eigenvalue weighted by atomic mass is 9.90. The van der Waals surface area contributed by atoms with Gasteiger partial charge in [0.05, 0.1) is 18.1 Å². The van der Waals surface area contributed by atoms with Crippen LogP contribution in [0.1, 0.15) is 51.4 Å². The van der Waals surface area contributed by atoms with E-state index in [1.165, 1.54) is 32.1 Å². The van der Waals surface area contributed by atoms with Gasteiger partial charge >= 0.3 is 0 Å². The van der Waals surface area contributed by atoms with Crippen molar-refractivity contribution in [3.8, 4) is 0 Å². The van der Waals surface area contributed by atoms with Gasteiger partial charge in [0.1, 0.15) is 0 Å². The molecule has 2 aliphatic heterocycles. The van der Waals surface area contributed by atoms with Crippen LogP contribution in [0.2, 0.25) is 0 Å². The molecule has 0 spiro atoms. The van der Waals surface area contributed by atoms with E-state index in [4.69, 9.17) is 4.74 Å². The highest BCUT2D eigenvalue weighted by Gasteiger charge is 2.38. The summed E-state index contributed by atoms with van der Waals surface area (Å²) in [5.41, 5.74) is -0.451. The summed E-state index contributed by atoms with van der Waals surface area (Å²) in [4.78, 5) is 15.1. The van der Waals surface area contributed by atoms with Crippen LogP contribution in [0.25, 0.3) is 0 Å². The highest BCUT2D eigenvalue weighted by Crippen LogP contribution is 2.28. The summed E-state index contributed by atoms with van der Waals surface area (Å²) in [6.45, 7) is 3.22. The molecule has 2 N–H and O–H groups in total. The third-order valence-corrected chi connectivity index (χ3v) is 5.82. The molecule has 1 unspecified atom stereocenters. The number of ether oxygens (including phenoxy) is 1. The maximum absolute atomic E-state index is 12.6. The van der Waals surface area contributed by atoms with Gasteiger partial charge in [-0.3, -0.25) is 9.69 Å². The lowest BCUT2D eigenvalue weighted by Crippen LogP contribution is -2.56. The Morgan fingerprint density at radius 1 is 1.18 bits per heavy atom. The topological polar surface area (TPSA) is 61.8 Å². The zero-order valence-electron chi connectivity index (χ0n) is 13.6. The summed E-state index contributed by atoms with van der Waals surface area (Å²) < 4.78 is 5.36. The molecule has 0 bridgehead atoms. The van der Waals surface area contributed by atoms with E-state index in [0.29, 0.717) is 32.1 Å². The van der Waals surface area contributed by atoms with Crippen molar-refractivity contribution < 1.29 is 14.6 Å². The predicted octanol–water partition coefficient (Wildman–Crippen LogP) is 1.30. The van der Waals surface area contributed by atoms with E-state index in [-0.39, 0.29) is 18.4 Å². The van der Waals surface area contributed by atoms with Crippen molar-refractivity contribution in [2.45, 2.75) is 62.9 Å². The second-order valence-corrected chi connectivity index (χ2v) is 7.31. The van der Waals surface area contributed by atoms with Gasteiger partial charge in [0.2, 0.25) is 5.91 Å². The van der Waals surface area contributed by atoms with Crippen molar-refractivity contribution in [3.63, 3.8) is 0 Å². The lowest BCUT2D eigenvalue weighted by Gasteiger charge is -2.37. The van der Waals surface area contributed by atoms with Gasteiger partial charge in [0, 0.05) is 25.8 Å². The number of hydrogen-bond donors (Lipinski definition) is 2. The number of nitrogens with zero attached hydrogens (tertiary/aromatic N) is 1. The van der Waals surface area contributed by atoms with Crippen LogP contribution in [0.4, 0.5) is 0 Å². The van der Waals surface area contributed by atoms with Gasteiger partial charge in [0.15, 0.2) is 0 Å². The van der Waals surface area contributed by atoms with Gasteiger partial charge in [-0.1, -0.05) is 19.3 Å². The second-order valence-electron chi connectivity index (χ2n) is 7.31. The summed E-state index contributed by atoms with van der Waals surface area (Å²) in [6.07, 6.45) is 9.04. The minimum Gasteiger partial charge on any atom is -0.394 e. The molecule has 1 saturated carbocycles. The maximum atomic E-state index is 12.6. The normalized spacial score (nSPS) is 30.3. The Labute approximate surface area is 133 Å². The van der Waals surface area contributed by atoms with E-state index in [2.05, 4.69) is 10.2 Å². The molecule has 2 heterocycles. The third kappa shape index (κ3) is 3.63. The van der Waals surface area contributed by atoms with Crippen molar-refractivity contribution in [2.75, 3.05) is 32.9 Å². The largest absolute Gasteiger partial charge is 0.394 e. The van der Waals surface area contributed by atoms with E-state index in [1.54, 1.807) is 0 Å². The lowest BCUT2D eigenvalue weighted by molar-refractivity contribution is -0.129. The Kier molecular flexibility index (Phi) is 5.37. The van der Waals surface area contributed by atoms with Gasteiger partial charge in [-0.2, -0.15) is 0 Å². The molecule has 0 aromatic rings. The molecule has 126 valence electrons. The predicted molar refractivity (Wildman–Crippen MR) is 84.6 cm³/mol. The standard InChI is InChI=1S/C17H30N2O3/c20-13-17(7-10-22-11-8-17)18-16(21)14-6-9-19(12-14)15-4-2-1-3-5-15/h14-15,20H,1-13H2,(H,18,21). The van der Waals surface area contributed by atoms with Gasteiger partial charge < -0.3 is 15.2 Å². The van der Waals surface area contributed by atoms with E-state index < -0.39 is 5.54 Å². The number of nitrogens with one attached hydrogen (secondary N) is 1. The molecule has 1 atom stereocenters. The molecule has 2 saturated heterocycles. The first-order valence-corrected chi connectivity index (χ1v) is 8.97. The number of carbonyl (C=O) groups is 1. The van der Waals surface area contributed by atoms with Gasteiger partial charge in [-0.05, 0) is 38.6 Å². The molecule has 5 nitrogen and oxygen atoms in total. The summed E-state index contributed by atoms with van der Waals surface area (Å²) in [5, 5.41) is 12.9. The van der Waals surface area contributed by atoms with Crippen LogP contribution in [-0.2, 0) is 9.53 Å². The maximum Gasteiger partial charge on any atom is 0.224 e. The van der Waals surface area contributed by atoms with E-state index in [0.717, 1.165) is 19.5 Å². The Hall–Kier alpha value is -0.650. The smallest absolute Gasteiger partial charge is 0.224 e. The molecular formula is C17H30N2O3. The molecule has 0 radical (unpaired) electrons. The SMILES string of the molecule is O=C(NC1(CO)CCOCC1)C1CCN(C2CCCCC2)C1. The third-order valence-electron chi connectivity index (χ3n) is 5.82. The number of carbonyl (C=O) groups excluding carboxylic acids is 1. The molecule has 1 aliphatic carbocycles. The van der Waals surface area contributed by atoms with Crippen LogP contribution < -0.4 is 5.32 Å². The quantitative estimate of drug-likeness (QED) is 0.821. The summed E-state index contributed by atoms with van der Waals surface area (Å²) in [5.74, 6) is 0.224. The second kappa shape index (κ2) is 7.28. The first-order valence-electron chi connectivity index (χ1n) is 8.97. The van der Waals surface area contributed by atoms with Crippen molar-refractivity contribution in [1.82, 2.24) is 10.2 Å². The monoisotopic (exact) mass is 310 g/mol. The summed E-state index contributed by atoms with van der Waals surface area (Å²) in [7, 11) is 0. The Balaban J connectivity index is 1.52. The average molecular weight is 310 g/mol. The van der Waals surface area contributed by atoms with Crippen molar-refractivity contribution >= 4 is 5.91 Å². The number of rotatable bonds is 4. The van der Waals surface area contributed by atoms with Crippen LogP contribution in [0, 0.1) is 5.92 Å². The molecule has 5 heteroatoms. The van der Waals surface area contributed by atoms with E-state index in [9.17, 15) is 9.90 Å². The zero-order valence-corrected chi connectivity index (χ0v) is 13.6. The van der Waals surface area contributed by atoms with Crippen LogP contribution in [0.3, 0.4) is 0 Å². The van der Waals surface area contributed by atoms with Crippen molar-refractivity contribution in [3.05, 3.63) is 0 Å². The highest BCUT2D eigenvalue weighted by atomic mass is 16.5. The average Bonchev–Trinajstić information content (AvgIpc) is 3.07. The fourth-order valence-electron chi connectivity index (χ4n) is 4.23. The van der Waals surface area contributed by atoms with Crippen molar-refractivity contribution in [1.29, 1.82) is 0 Å².